The van der Waals surface area contributed by atoms with Gasteiger partial charge in [-0.15, -0.1) is 0 Å². The number of hydrogen-bond acceptors (Lipinski definition) is 8. The number of carbonyl (C=O) groups is 2. The molecule has 0 radical (unpaired) electrons. The second-order valence-corrected chi connectivity index (χ2v) is 8.84. The zero-order valence-corrected chi connectivity index (χ0v) is 21.8. The summed E-state index contributed by atoms with van der Waals surface area (Å²) in [5.74, 6) is -0.425. The van der Waals surface area contributed by atoms with Crippen LogP contribution in [0.15, 0.2) is 54.1 Å². The first-order valence-electron chi connectivity index (χ1n) is 12.3. The number of rotatable bonds is 10. The van der Waals surface area contributed by atoms with E-state index < -0.39 is 0 Å². The molecule has 1 aromatic carbocycles. The number of carbonyl (C=O) groups excluding carboxylic acids is 2. The van der Waals surface area contributed by atoms with Crippen LogP contribution in [0.3, 0.4) is 0 Å². The predicted octanol–water partition coefficient (Wildman–Crippen LogP) is 4.12. The number of benzene rings is 1. The summed E-state index contributed by atoms with van der Waals surface area (Å²) in [5, 5.41) is 3.35. The van der Waals surface area contributed by atoms with E-state index in [4.69, 9.17) is 4.74 Å². The first-order chi connectivity index (χ1) is 17.3. The van der Waals surface area contributed by atoms with Crippen LogP contribution in [0.4, 0.5) is 5.69 Å². The van der Waals surface area contributed by atoms with Gasteiger partial charge in [0.15, 0.2) is 0 Å². The molecule has 2 atom stereocenters. The van der Waals surface area contributed by atoms with E-state index in [2.05, 4.69) is 26.9 Å². The summed E-state index contributed by atoms with van der Waals surface area (Å²) < 4.78 is 5.40. The monoisotopic (exact) mass is 492 g/mol. The van der Waals surface area contributed by atoms with Crippen LogP contribution >= 0.6 is 0 Å². The van der Waals surface area contributed by atoms with Crippen molar-refractivity contribution < 1.29 is 14.3 Å². The van der Waals surface area contributed by atoms with Gasteiger partial charge in [0.25, 0.3) is 0 Å². The van der Waals surface area contributed by atoms with E-state index in [0.717, 1.165) is 28.0 Å². The first kappa shape index (κ1) is 26.8. The molecule has 1 N–H and O–H groups in total. The Morgan fingerprint density at radius 3 is 2.72 bits per heavy atom. The number of anilines is 1. The van der Waals surface area contributed by atoms with Gasteiger partial charge in [0.05, 0.1) is 24.2 Å². The molecule has 3 rings (SSSR count). The fourth-order valence-corrected chi connectivity index (χ4v) is 4.50. The fourth-order valence-electron chi connectivity index (χ4n) is 4.50. The van der Waals surface area contributed by atoms with Crippen molar-refractivity contribution in [1.82, 2.24) is 19.8 Å². The van der Waals surface area contributed by atoms with Crippen LogP contribution in [0.25, 0.3) is 11.0 Å². The lowest BCUT2D eigenvalue weighted by molar-refractivity contribution is -0.145. The van der Waals surface area contributed by atoms with Gasteiger partial charge in [0.2, 0.25) is 11.9 Å². The van der Waals surface area contributed by atoms with Crippen LogP contribution in [0.1, 0.15) is 39.2 Å². The number of aliphatic imine (C=N–C) groups is 1. The molecular weight excluding hydrogens is 456 g/mol. The average molecular weight is 493 g/mol. The molecule has 192 valence electrons. The van der Waals surface area contributed by atoms with Crippen molar-refractivity contribution in [2.24, 2.45) is 16.8 Å². The molecule has 0 saturated carbocycles. The number of nitrogens with zero attached hydrogens (tertiary/aromatic N) is 5. The van der Waals surface area contributed by atoms with Gasteiger partial charge in [-0.05, 0) is 45.0 Å². The molecule has 2 heterocycles. The first-order valence-corrected chi connectivity index (χ1v) is 12.3. The highest BCUT2D eigenvalue weighted by atomic mass is 16.5. The number of guanidine groups is 1. The van der Waals surface area contributed by atoms with E-state index in [9.17, 15) is 9.59 Å². The molecule has 1 aliphatic rings. The lowest BCUT2D eigenvalue weighted by atomic mass is 9.85. The highest BCUT2D eigenvalue weighted by molar-refractivity contribution is 6.06. The Morgan fingerprint density at radius 1 is 1.31 bits per heavy atom. The molecule has 36 heavy (non-hydrogen) atoms. The molecule has 9 heteroatoms. The van der Waals surface area contributed by atoms with Crippen molar-refractivity contribution in [2.45, 2.75) is 40.5 Å². The third-order valence-electron chi connectivity index (χ3n) is 6.61. The summed E-state index contributed by atoms with van der Waals surface area (Å²) in [7, 11) is 1.92. The van der Waals surface area contributed by atoms with Gasteiger partial charge >= 0.3 is 5.97 Å². The fraction of sp³-hybridized carbons (Fsp3) is 0.444. The van der Waals surface area contributed by atoms with Gasteiger partial charge in [-0.1, -0.05) is 19.6 Å². The molecule has 9 nitrogen and oxygen atoms in total. The lowest BCUT2D eigenvalue weighted by Gasteiger charge is -2.31. The number of aryl methyl sites for hydroxylation is 1. The topological polar surface area (TPSA) is 100 Å². The Balaban J connectivity index is 1.84. The van der Waals surface area contributed by atoms with E-state index in [1.165, 1.54) is 6.92 Å². The van der Waals surface area contributed by atoms with Crippen molar-refractivity contribution in [3.05, 3.63) is 54.6 Å². The summed E-state index contributed by atoms with van der Waals surface area (Å²) in [6.07, 6.45) is 8.24. The van der Waals surface area contributed by atoms with Gasteiger partial charge in [-0.25, -0.2) is 0 Å². The van der Waals surface area contributed by atoms with Crippen molar-refractivity contribution in [1.29, 1.82) is 0 Å². The van der Waals surface area contributed by atoms with E-state index >= 15 is 0 Å². The van der Waals surface area contributed by atoms with Crippen molar-refractivity contribution >= 4 is 34.6 Å². The summed E-state index contributed by atoms with van der Waals surface area (Å²) in [6, 6.07) is 3.83. The Morgan fingerprint density at radius 2 is 2.06 bits per heavy atom. The molecular formula is C27H36N6O3. The van der Waals surface area contributed by atoms with Crippen molar-refractivity contribution in [3.63, 3.8) is 0 Å². The molecule has 0 aliphatic carbocycles. The lowest BCUT2D eigenvalue weighted by Crippen LogP contribution is -2.44. The molecule has 0 bridgehead atoms. The quantitative estimate of drug-likeness (QED) is 0.498. The standard InChI is InChI=1S/C27H36N6O3/c1-7-21(32(6)9-3)16-20(17-36-19(5)34)22(8-2)26(35)33-15-14-30-27(33)31-23-10-11-24-25(18(23)4)29-13-12-28-24/h7,9-13,20,22H,3,8,14-17H2,1-2,4-6H3,(H,30,31)/b21-7-. The van der Waals surface area contributed by atoms with Crippen molar-refractivity contribution in [3.8, 4) is 0 Å². The van der Waals surface area contributed by atoms with Crippen LogP contribution in [-0.4, -0.2) is 64.3 Å². The minimum atomic E-state index is -0.360. The number of amides is 1. The zero-order chi connectivity index (χ0) is 26.2. The largest absolute Gasteiger partial charge is 0.466 e. The minimum absolute atomic E-state index is 0.0339. The summed E-state index contributed by atoms with van der Waals surface area (Å²) >= 11 is 0. The van der Waals surface area contributed by atoms with Crippen LogP contribution < -0.4 is 5.32 Å². The highest BCUT2D eigenvalue weighted by Crippen LogP contribution is 2.29. The number of fused-ring (bicyclic) bond motifs is 1. The maximum absolute atomic E-state index is 13.9. The number of aromatic nitrogens is 2. The second-order valence-electron chi connectivity index (χ2n) is 8.84. The summed E-state index contributed by atoms with van der Waals surface area (Å²) in [4.78, 5) is 42.5. The molecule has 0 spiro atoms. The Bertz CT molecular complexity index is 1180. The number of allylic oxidation sites excluding steroid dienone is 2. The third kappa shape index (κ3) is 6.08. The molecule has 0 fully saturated rings. The zero-order valence-electron chi connectivity index (χ0n) is 21.8. The molecule has 2 unspecified atom stereocenters. The summed E-state index contributed by atoms with van der Waals surface area (Å²) in [6.45, 7) is 12.3. The van der Waals surface area contributed by atoms with E-state index in [-0.39, 0.29) is 30.3 Å². The highest BCUT2D eigenvalue weighted by Gasteiger charge is 2.35. The third-order valence-corrected chi connectivity index (χ3v) is 6.61. The molecule has 1 amide bonds. The molecule has 1 aromatic heterocycles. The molecule has 1 aliphatic heterocycles. The van der Waals surface area contributed by atoms with E-state index in [1.54, 1.807) is 23.5 Å². The van der Waals surface area contributed by atoms with E-state index in [0.29, 0.717) is 31.9 Å². The number of esters is 1. The molecule has 0 saturated heterocycles. The Kier molecular flexibility index (Phi) is 9.16. The number of ether oxygens (including phenoxy) is 1. The van der Waals surface area contributed by atoms with Gasteiger partial charge in [-0.2, -0.15) is 0 Å². The molecule has 2 aromatic rings. The maximum atomic E-state index is 13.9. The minimum Gasteiger partial charge on any atom is -0.466 e. The predicted molar refractivity (Wildman–Crippen MR) is 142 cm³/mol. The maximum Gasteiger partial charge on any atom is 0.302 e. The van der Waals surface area contributed by atoms with Gasteiger partial charge in [-0.3, -0.25) is 29.4 Å². The van der Waals surface area contributed by atoms with Gasteiger partial charge in [0, 0.05) is 61.7 Å². The van der Waals surface area contributed by atoms with Crippen LogP contribution in [0.5, 0.6) is 0 Å². The average Bonchev–Trinajstić information content (AvgIpc) is 3.35. The Labute approximate surface area is 213 Å². The summed E-state index contributed by atoms with van der Waals surface area (Å²) in [5.41, 5.74) is 4.39. The van der Waals surface area contributed by atoms with Crippen LogP contribution in [0.2, 0.25) is 0 Å². The smallest absolute Gasteiger partial charge is 0.302 e. The van der Waals surface area contributed by atoms with Crippen LogP contribution in [0, 0.1) is 18.8 Å². The normalized spacial score (nSPS) is 15.3. The number of nitrogens with one attached hydrogen (secondary N) is 1. The van der Waals surface area contributed by atoms with Gasteiger partial charge in [0.1, 0.15) is 0 Å². The van der Waals surface area contributed by atoms with E-state index in [1.807, 2.05) is 50.9 Å². The van der Waals surface area contributed by atoms with Crippen LogP contribution in [-0.2, 0) is 14.3 Å². The second kappa shape index (κ2) is 12.3. The Hall–Kier alpha value is -3.75. The van der Waals surface area contributed by atoms with Crippen molar-refractivity contribution in [2.75, 3.05) is 32.1 Å². The van der Waals surface area contributed by atoms with Gasteiger partial charge < -0.3 is 15.0 Å². The number of hydrogen-bond donors (Lipinski definition) is 1. The SMILES string of the molecule is C=CN(C)/C(=C\C)CC(COC(C)=O)C(CC)C(=O)N1CCN=C1Nc1ccc2nccnc2c1C.